The van der Waals surface area contributed by atoms with Crippen LogP contribution in [0.3, 0.4) is 0 Å². The highest BCUT2D eigenvalue weighted by Crippen LogP contribution is 2.23. The third-order valence-corrected chi connectivity index (χ3v) is 4.61. The SMILES string of the molecule is COC(=O)c1ccc(C#Cc2ccc(C(=O)OC)c(OCc3ccccc3)c2)cc1C. The Kier molecular flexibility index (Phi) is 7.08. The van der Waals surface area contributed by atoms with Gasteiger partial charge in [0.15, 0.2) is 0 Å². The zero-order valence-corrected chi connectivity index (χ0v) is 17.6. The van der Waals surface area contributed by atoms with E-state index in [9.17, 15) is 9.59 Å². The molecule has 0 unspecified atom stereocenters. The van der Waals surface area contributed by atoms with Gasteiger partial charge in [-0.1, -0.05) is 42.2 Å². The van der Waals surface area contributed by atoms with Crippen molar-refractivity contribution < 1.29 is 23.8 Å². The average Bonchev–Trinajstić information content (AvgIpc) is 2.81. The number of benzene rings is 3. The van der Waals surface area contributed by atoms with E-state index < -0.39 is 5.97 Å². The Morgan fingerprint density at radius 2 is 1.35 bits per heavy atom. The highest BCUT2D eigenvalue weighted by Gasteiger charge is 2.14. The molecule has 0 fully saturated rings. The summed E-state index contributed by atoms with van der Waals surface area (Å²) in [5, 5.41) is 0. The monoisotopic (exact) mass is 414 g/mol. The van der Waals surface area contributed by atoms with Crippen molar-refractivity contribution in [2.24, 2.45) is 0 Å². The van der Waals surface area contributed by atoms with Crippen LogP contribution in [0.25, 0.3) is 0 Å². The summed E-state index contributed by atoms with van der Waals surface area (Å²) in [6, 6.07) is 20.1. The molecule has 0 N–H and O–H groups in total. The molecule has 0 aliphatic carbocycles. The molecule has 156 valence electrons. The van der Waals surface area contributed by atoms with Gasteiger partial charge in [0.05, 0.1) is 19.8 Å². The second-order valence-corrected chi connectivity index (χ2v) is 6.75. The van der Waals surface area contributed by atoms with Crippen LogP contribution in [0.5, 0.6) is 5.75 Å². The molecule has 0 heterocycles. The molecule has 0 radical (unpaired) electrons. The molecular formula is C26H22O5. The number of aryl methyl sites for hydroxylation is 1. The maximum absolute atomic E-state index is 12.1. The quantitative estimate of drug-likeness (QED) is 0.453. The number of ether oxygens (including phenoxy) is 3. The molecular weight excluding hydrogens is 392 g/mol. The van der Waals surface area contributed by atoms with Gasteiger partial charge in [-0.2, -0.15) is 0 Å². The summed E-state index contributed by atoms with van der Waals surface area (Å²) < 4.78 is 15.5. The topological polar surface area (TPSA) is 61.8 Å². The van der Waals surface area contributed by atoms with Gasteiger partial charge in [-0.25, -0.2) is 9.59 Å². The molecule has 0 aliphatic heterocycles. The molecule has 0 spiro atoms. The van der Waals surface area contributed by atoms with Crippen LogP contribution in [0.4, 0.5) is 0 Å². The van der Waals surface area contributed by atoms with Crippen molar-refractivity contribution in [3.8, 4) is 17.6 Å². The third kappa shape index (κ3) is 5.52. The summed E-state index contributed by atoms with van der Waals surface area (Å²) in [4.78, 5) is 23.8. The lowest BCUT2D eigenvalue weighted by Gasteiger charge is -2.11. The van der Waals surface area contributed by atoms with Gasteiger partial charge in [0.1, 0.15) is 17.9 Å². The fraction of sp³-hybridized carbons (Fsp3) is 0.154. The summed E-state index contributed by atoms with van der Waals surface area (Å²) >= 11 is 0. The molecule has 5 heteroatoms. The highest BCUT2D eigenvalue weighted by molar-refractivity contribution is 5.93. The second-order valence-electron chi connectivity index (χ2n) is 6.75. The van der Waals surface area contributed by atoms with E-state index in [0.29, 0.717) is 29.0 Å². The predicted molar refractivity (Wildman–Crippen MR) is 117 cm³/mol. The minimum atomic E-state index is -0.475. The van der Waals surface area contributed by atoms with Gasteiger partial charge in [-0.05, 0) is 54.4 Å². The number of hydrogen-bond donors (Lipinski definition) is 0. The summed E-state index contributed by atoms with van der Waals surface area (Å²) in [5.41, 5.74) is 4.05. The Morgan fingerprint density at radius 1 is 0.774 bits per heavy atom. The fourth-order valence-electron chi connectivity index (χ4n) is 2.96. The normalized spacial score (nSPS) is 9.90. The van der Waals surface area contributed by atoms with E-state index in [1.165, 1.54) is 14.2 Å². The lowest BCUT2D eigenvalue weighted by molar-refractivity contribution is 0.0588. The van der Waals surface area contributed by atoms with Crippen LogP contribution in [0, 0.1) is 18.8 Å². The van der Waals surface area contributed by atoms with Crippen LogP contribution >= 0.6 is 0 Å². The molecule has 0 saturated carbocycles. The van der Waals surface area contributed by atoms with Crippen LogP contribution in [-0.2, 0) is 16.1 Å². The number of carbonyl (C=O) groups excluding carboxylic acids is 2. The Hall–Kier alpha value is -4.04. The zero-order valence-electron chi connectivity index (χ0n) is 17.6. The number of methoxy groups -OCH3 is 2. The first-order valence-electron chi connectivity index (χ1n) is 9.62. The minimum Gasteiger partial charge on any atom is -0.488 e. The summed E-state index contributed by atoms with van der Waals surface area (Å²) in [6.45, 7) is 2.15. The van der Waals surface area contributed by atoms with Crippen molar-refractivity contribution in [2.45, 2.75) is 13.5 Å². The van der Waals surface area contributed by atoms with Crippen LogP contribution in [-0.4, -0.2) is 26.2 Å². The second kappa shape index (κ2) is 10.1. The standard InChI is InChI=1S/C26H22O5/c1-18-15-19(11-13-22(18)25(27)29-2)9-10-20-12-14-23(26(28)30-3)24(16-20)31-17-21-7-5-4-6-8-21/h4-8,11-16H,17H2,1-3H3. The summed E-state index contributed by atoms with van der Waals surface area (Å²) in [5.74, 6) is 5.70. The molecule has 0 amide bonds. The van der Waals surface area contributed by atoms with E-state index in [-0.39, 0.29) is 5.97 Å². The van der Waals surface area contributed by atoms with Crippen molar-refractivity contribution in [2.75, 3.05) is 14.2 Å². The molecule has 0 aliphatic rings. The van der Waals surface area contributed by atoms with Crippen molar-refractivity contribution in [1.29, 1.82) is 0 Å². The van der Waals surface area contributed by atoms with Crippen LogP contribution in [0.2, 0.25) is 0 Å². The van der Waals surface area contributed by atoms with Gasteiger partial charge in [0.2, 0.25) is 0 Å². The maximum atomic E-state index is 12.1. The molecule has 0 saturated heterocycles. The number of carbonyl (C=O) groups is 2. The Bertz CT molecular complexity index is 1150. The van der Waals surface area contributed by atoms with Gasteiger partial charge in [0, 0.05) is 11.1 Å². The molecule has 5 nitrogen and oxygen atoms in total. The Labute approximate surface area is 181 Å². The van der Waals surface area contributed by atoms with Crippen molar-refractivity contribution in [3.63, 3.8) is 0 Å². The first-order chi connectivity index (χ1) is 15.0. The van der Waals surface area contributed by atoms with Crippen molar-refractivity contribution in [1.82, 2.24) is 0 Å². The van der Waals surface area contributed by atoms with E-state index >= 15 is 0 Å². The average molecular weight is 414 g/mol. The smallest absolute Gasteiger partial charge is 0.341 e. The predicted octanol–water partition coefficient (Wildman–Crippen LogP) is 4.55. The number of rotatable bonds is 5. The lowest BCUT2D eigenvalue weighted by Crippen LogP contribution is -2.06. The van der Waals surface area contributed by atoms with E-state index in [0.717, 1.165) is 16.7 Å². The van der Waals surface area contributed by atoms with Crippen LogP contribution in [0.1, 0.15) is 43.0 Å². The van der Waals surface area contributed by atoms with Crippen molar-refractivity contribution >= 4 is 11.9 Å². The molecule has 0 atom stereocenters. The largest absolute Gasteiger partial charge is 0.488 e. The summed E-state index contributed by atoms with van der Waals surface area (Å²) in [7, 11) is 2.68. The van der Waals surface area contributed by atoms with Crippen LogP contribution in [0.15, 0.2) is 66.7 Å². The number of hydrogen-bond acceptors (Lipinski definition) is 5. The van der Waals surface area contributed by atoms with Gasteiger partial charge in [-0.15, -0.1) is 0 Å². The Balaban J connectivity index is 1.86. The molecule has 0 bridgehead atoms. The van der Waals surface area contributed by atoms with E-state index in [2.05, 4.69) is 11.8 Å². The summed E-state index contributed by atoms with van der Waals surface area (Å²) in [6.07, 6.45) is 0. The Morgan fingerprint density at radius 3 is 1.97 bits per heavy atom. The molecule has 3 rings (SSSR count). The highest BCUT2D eigenvalue weighted by atomic mass is 16.5. The van der Waals surface area contributed by atoms with Gasteiger partial charge in [-0.3, -0.25) is 0 Å². The first-order valence-corrected chi connectivity index (χ1v) is 9.62. The lowest BCUT2D eigenvalue weighted by atomic mass is 10.0. The van der Waals surface area contributed by atoms with Crippen LogP contribution < -0.4 is 4.74 Å². The third-order valence-electron chi connectivity index (χ3n) is 4.61. The molecule has 3 aromatic carbocycles. The fourth-order valence-corrected chi connectivity index (χ4v) is 2.96. The minimum absolute atomic E-state index is 0.315. The van der Waals surface area contributed by atoms with Gasteiger partial charge in [0.25, 0.3) is 0 Å². The van der Waals surface area contributed by atoms with E-state index in [1.807, 2.05) is 43.3 Å². The van der Waals surface area contributed by atoms with Gasteiger partial charge >= 0.3 is 11.9 Å². The maximum Gasteiger partial charge on any atom is 0.341 e. The zero-order chi connectivity index (χ0) is 22.2. The van der Waals surface area contributed by atoms with Crippen molar-refractivity contribution in [3.05, 3.63) is 100 Å². The molecule has 3 aromatic rings. The van der Waals surface area contributed by atoms with E-state index in [4.69, 9.17) is 14.2 Å². The number of esters is 2. The first kappa shape index (κ1) is 21.7. The van der Waals surface area contributed by atoms with E-state index in [1.54, 1.807) is 30.3 Å². The molecule has 0 aromatic heterocycles. The molecule has 31 heavy (non-hydrogen) atoms. The van der Waals surface area contributed by atoms with Gasteiger partial charge < -0.3 is 14.2 Å².